The smallest absolute Gasteiger partial charge is 0.171 e. The lowest BCUT2D eigenvalue weighted by Gasteiger charge is -2.10. The number of nitrogens with two attached hydrogens (primary N) is 1. The molecule has 0 spiro atoms. The highest BCUT2D eigenvalue weighted by atomic mass is 35.5. The number of anilines is 1. The summed E-state index contributed by atoms with van der Waals surface area (Å²) >= 11 is 5.88. The van der Waals surface area contributed by atoms with Crippen LogP contribution in [0.3, 0.4) is 0 Å². The summed E-state index contributed by atoms with van der Waals surface area (Å²) in [5.41, 5.74) is 6.48. The molecule has 2 aromatic carbocycles. The van der Waals surface area contributed by atoms with E-state index in [2.05, 4.69) is 0 Å². The van der Waals surface area contributed by atoms with Crippen LogP contribution in [-0.2, 0) is 6.61 Å². The maximum atomic E-state index is 13.9. The van der Waals surface area contributed by atoms with Gasteiger partial charge in [-0.1, -0.05) is 23.7 Å². The van der Waals surface area contributed by atoms with Gasteiger partial charge in [0.1, 0.15) is 12.4 Å². The summed E-state index contributed by atoms with van der Waals surface area (Å²) in [4.78, 5) is 0. The summed E-state index contributed by atoms with van der Waals surface area (Å²) in [5.74, 6) is 0.296. The molecule has 2 rings (SSSR count). The van der Waals surface area contributed by atoms with Gasteiger partial charge in [-0.3, -0.25) is 0 Å². The molecule has 5 heteroatoms. The van der Waals surface area contributed by atoms with Gasteiger partial charge in [0.15, 0.2) is 11.6 Å². The van der Waals surface area contributed by atoms with Crippen molar-refractivity contribution in [1.29, 1.82) is 0 Å². The summed E-state index contributed by atoms with van der Waals surface area (Å²) in [6.45, 7) is 0.0866. The molecule has 0 radical (unpaired) electrons. The van der Waals surface area contributed by atoms with Gasteiger partial charge in [0.05, 0.1) is 17.8 Å². The average molecular weight is 282 g/mol. The van der Waals surface area contributed by atoms with E-state index in [1.165, 1.54) is 7.11 Å². The van der Waals surface area contributed by atoms with Crippen molar-refractivity contribution in [2.24, 2.45) is 0 Å². The molecule has 2 aromatic rings. The summed E-state index contributed by atoms with van der Waals surface area (Å²) < 4.78 is 24.2. The maximum absolute atomic E-state index is 13.9. The zero-order valence-electron chi connectivity index (χ0n) is 10.3. The lowest BCUT2D eigenvalue weighted by atomic mass is 10.2. The zero-order chi connectivity index (χ0) is 13.8. The summed E-state index contributed by atoms with van der Waals surface area (Å²) in [6.07, 6.45) is 0. The minimum absolute atomic E-state index is 0.0866. The van der Waals surface area contributed by atoms with Crippen molar-refractivity contribution in [3.63, 3.8) is 0 Å². The fourth-order valence-electron chi connectivity index (χ4n) is 1.58. The molecule has 0 unspecified atom stereocenters. The van der Waals surface area contributed by atoms with Crippen LogP contribution < -0.4 is 15.2 Å². The molecule has 0 heterocycles. The van der Waals surface area contributed by atoms with Crippen LogP contribution in [0.1, 0.15) is 5.56 Å². The van der Waals surface area contributed by atoms with Gasteiger partial charge in [-0.25, -0.2) is 4.39 Å². The third-order valence-electron chi connectivity index (χ3n) is 2.63. The molecule has 100 valence electrons. The van der Waals surface area contributed by atoms with Gasteiger partial charge in [0.2, 0.25) is 0 Å². The Labute approximate surface area is 115 Å². The Morgan fingerprint density at radius 1 is 1.26 bits per heavy atom. The number of hydrogen-bond acceptors (Lipinski definition) is 3. The second-order valence-corrected chi connectivity index (χ2v) is 4.31. The van der Waals surface area contributed by atoms with Crippen molar-refractivity contribution in [2.45, 2.75) is 6.61 Å². The lowest BCUT2D eigenvalue weighted by molar-refractivity contribution is 0.296. The predicted molar refractivity (Wildman–Crippen MR) is 73.1 cm³/mol. The SMILES string of the molecule is COc1cccc(COc2ccc(N)c(Cl)c2)c1F. The molecule has 0 amide bonds. The van der Waals surface area contributed by atoms with Crippen LogP contribution in [0.2, 0.25) is 5.02 Å². The van der Waals surface area contributed by atoms with Crippen LogP contribution in [0.5, 0.6) is 11.5 Å². The van der Waals surface area contributed by atoms with E-state index >= 15 is 0 Å². The van der Waals surface area contributed by atoms with Crippen LogP contribution >= 0.6 is 11.6 Å². The Morgan fingerprint density at radius 3 is 2.74 bits per heavy atom. The number of halogens is 2. The highest BCUT2D eigenvalue weighted by Gasteiger charge is 2.09. The van der Waals surface area contributed by atoms with E-state index < -0.39 is 5.82 Å². The van der Waals surface area contributed by atoms with Crippen molar-refractivity contribution in [3.05, 3.63) is 52.8 Å². The molecule has 0 saturated carbocycles. The molecular weight excluding hydrogens is 269 g/mol. The van der Waals surface area contributed by atoms with Gasteiger partial charge in [-0.15, -0.1) is 0 Å². The second-order valence-electron chi connectivity index (χ2n) is 3.91. The van der Waals surface area contributed by atoms with E-state index in [0.29, 0.717) is 22.0 Å². The Hall–Kier alpha value is -1.94. The van der Waals surface area contributed by atoms with Crippen LogP contribution in [0.4, 0.5) is 10.1 Å². The Bertz CT molecular complexity index is 590. The molecule has 0 atom stereocenters. The van der Waals surface area contributed by atoms with Gasteiger partial charge in [-0.2, -0.15) is 0 Å². The molecule has 3 nitrogen and oxygen atoms in total. The van der Waals surface area contributed by atoms with E-state index in [-0.39, 0.29) is 12.4 Å². The third kappa shape index (κ3) is 3.09. The first-order chi connectivity index (χ1) is 9.11. The minimum atomic E-state index is -0.424. The Balaban J connectivity index is 2.12. The first kappa shape index (κ1) is 13.5. The van der Waals surface area contributed by atoms with Crippen molar-refractivity contribution < 1.29 is 13.9 Å². The number of benzene rings is 2. The van der Waals surface area contributed by atoms with Gasteiger partial charge in [0, 0.05) is 11.6 Å². The van der Waals surface area contributed by atoms with Crippen molar-refractivity contribution >= 4 is 17.3 Å². The van der Waals surface area contributed by atoms with E-state index in [9.17, 15) is 4.39 Å². The second kappa shape index (κ2) is 5.80. The van der Waals surface area contributed by atoms with Crippen LogP contribution in [0.25, 0.3) is 0 Å². The van der Waals surface area contributed by atoms with E-state index in [1.54, 1.807) is 36.4 Å². The van der Waals surface area contributed by atoms with Gasteiger partial charge in [-0.05, 0) is 18.2 Å². The minimum Gasteiger partial charge on any atom is -0.494 e. The van der Waals surface area contributed by atoms with Crippen molar-refractivity contribution in [2.75, 3.05) is 12.8 Å². The first-order valence-electron chi connectivity index (χ1n) is 5.61. The molecule has 0 aliphatic carbocycles. The molecule has 0 fully saturated rings. The quantitative estimate of drug-likeness (QED) is 0.870. The number of ether oxygens (including phenoxy) is 2. The third-order valence-corrected chi connectivity index (χ3v) is 2.96. The fourth-order valence-corrected chi connectivity index (χ4v) is 1.75. The predicted octanol–water partition coefficient (Wildman–Crippen LogP) is 3.65. The number of hydrogen-bond donors (Lipinski definition) is 1. The highest BCUT2D eigenvalue weighted by molar-refractivity contribution is 6.33. The molecule has 0 saturated heterocycles. The molecule has 0 aliphatic heterocycles. The number of methoxy groups -OCH3 is 1. The summed E-state index contributed by atoms with van der Waals surface area (Å²) in [7, 11) is 1.42. The largest absolute Gasteiger partial charge is 0.494 e. The highest BCUT2D eigenvalue weighted by Crippen LogP contribution is 2.26. The zero-order valence-corrected chi connectivity index (χ0v) is 11.1. The van der Waals surface area contributed by atoms with Crippen molar-refractivity contribution in [1.82, 2.24) is 0 Å². The standard InChI is InChI=1S/C14H13ClFNO2/c1-18-13-4-2-3-9(14(13)16)8-19-10-5-6-12(17)11(15)7-10/h2-7H,8,17H2,1H3. The summed E-state index contributed by atoms with van der Waals surface area (Å²) in [5, 5.41) is 0.406. The monoisotopic (exact) mass is 281 g/mol. The van der Waals surface area contributed by atoms with Crippen LogP contribution in [0.15, 0.2) is 36.4 Å². The summed E-state index contributed by atoms with van der Waals surface area (Å²) in [6, 6.07) is 9.81. The number of rotatable bonds is 4. The number of nitrogen functional groups attached to an aromatic ring is 1. The fraction of sp³-hybridized carbons (Fsp3) is 0.143. The van der Waals surface area contributed by atoms with Gasteiger partial charge >= 0.3 is 0 Å². The maximum Gasteiger partial charge on any atom is 0.171 e. The van der Waals surface area contributed by atoms with E-state index in [1.807, 2.05) is 0 Å². The topological polar surface area (TPSA) is 44.5 Å². The normalized spacial score (nSPS) is 10.3. The van der Waals surface area contributed by atoms with Crippen molar-refractivity contribution in [3.8, 4) is 11.5 Å². The molecule has 0 aromatic heterocycles. The molecule has 19 heavy (non-hydrogen) atoms. The van der Waals surface area contributed by atoms with E-state index in [4.69, 9.17) is 26.8 Å². The lowest BCUT2D eigenvalue weighted by Crippen LogP contribution is -2.00. The molecule has 2 N–H and O–H groups in total. The van der Waals surface area contributed by atoms with Crippen LogP contribution in [0, 0.1) is 5.82 Å². The molecule has 0 aliphatic rings. The van der Waals surface area contributed by atoms with Crippen LogP contribution in [-0.4, -0.2) is 7.11 Å². The van der Waals surface area contributed by atoms with E-state index in [0.717, 1.165) is 0 Å². The molecule has 0 bridgehead atoms. The Morgan fingerprint density at radius 2 is 2.05 bits per heavy atom. The molecular formula is C14H13ClFNO2. The average Bonchev–Trinajstić information content (AvgIpc) is 2.41. The van der Waals surface area contributed by atoms with Gasteiger partial charge in [0.25, 0.3) is 0 Å². The first-order valence-corrected chi connectivity index (χ1v) is 5.99. The van der Waals surface area contributed by atoms with Gasteiger partial charge < -0.3 is 15.2 Å². The Kier molecular flexibility index (Phi) is 4.12.